The zero-order valence-electron chi connectivity index (χ0n) is 12.2. The van der Waals surface area contributed by atoms with E-state index in [1.165, 1.54) is 0 Å². The lowest BCUT2D eigenvalue weighted by Crippen LogP contribution is -2.42. The highest BCUT2D eigenvalue weighted by atomic mass is 16.5. The van der Waals surface area contributed by atoms with Gasteiger partial charge in [-0.3, -0.25) is 4.79 Å². The average Bonchev–Trinajstić information content (AvgIpc) is 2.46. The first kappa shape index (κ1) is 16.4. The predicted octanol–water partition coefficient (Wildman–Crippen LogP) is 1.36. The SMILES string of the molecule is CCC1(C(=O)OCCCOCCOC)CCNCC1. The van der Waals surface area contributed by atoms with E-state index in [0.717, 1.165) is 38.8 Å². The number of esters is 1. The van der Waals surface area contributed by atoms with Gasteiger partial charge in [0, 0.05) is 20.1 Å². The van der Waals surface area contributed by atoms with Crippen LogP contribution in [0.15, 0.2) is 0 Å². The summed E-state index contributed by atoms with van der Waals surface area (Å²) in [5, 5.41) is 3.29. The fourth-order valence-corrected chi connectivity index (χ4v) is 2.33. The molecule has 0 bridgehead atoms. The van der Waals surface area contributed by atoms with E-state index in [1.54, 1.807) is 7.11 Å². The third kappa shape index (κ3) is 5.47. The van der Waals surface area contributed by atoms with Gasteiger partial charge in [-0.2, -0.15) is 0 Å². The van der Waals surface area contributed by atoms with Crippen LogP contribution in [0, 0.1) is 5.41 Å². The number of nitrogens with one attached hydrogen (secondary N) is 1. The summed E-state index contributed by atoms with van der Waals surface area (Å²) in [6.07, 6.45) is 3.37. The summed E-state index contributed by atoms with van der Waals surface area (Å²) >= 11 is 0. The van der Waals surface area contributed by atoms with Gasteiger partial charge in [0.15, 0.2) is 0 Å². The molecule has 5 heteroatoms. The first-order chi connectivity index (χ1) is 9.25. The molecule has 1 aliphatic heterocycles. The van der Waals surface area contributed by atoms with Crippen molar-refractivity contribution >= 4 is 5.97 Å². The van der Waals surface area contributed by atoms with Crippen molar-refractivity contribution in [1.82, 2.24) is 5.32 Å². The van der Waals surface area contributed by atoms with Crippen LogP contribution in [0.1, 0.15) is 32.6 Å². The second-order valence-corrected chi connectivity index (χ2v) is 4.98. The Morgan fingerprint density at radius 1 is 1.16 bits per heavy atom. The second kappa shape index (κ2) is 9.28. The molecule has 0 aromatic carbocycles. The van der Waals surface area contributed by atoms with Gasteiger partial charge in [-0.25, -0.2) is 0 Å². The van der Waals surface area contributed by atoms with Gasteiger partial charge >= 0.3 is 5.97 Å². The quantitative estimate of drug-likeness (QED) is 0.508. The van der Waals surface area contributed by atoms with E-state index in [4.69, 9.17) is 14.2 Å². The highest BCUT2D eigenvalue weighted by Gasteiger charge is 2.39. The predicted molar refractivity (Wildman–Crippen MR) is 73.1 cm³/mol. The van der Waals surface area contributed by atoms with Crippen LogP contribution in [-0.2, 0) is 19.0 Å². The van der Waals surface area contributed by atoms with Gasteiger partial charge < -0.3 is 19.5 Å². The minimum Gasteiger partial charge on any atom is -0.465 e. The van der Waals surface area contributed by atoms with Crippen molar-refractivity contribution in [3.8, 4) is 0 Å². The molecular formula is C14H27NO4. The molecule has 1 fully saturated rings. The van der Waals surface area contributed by atoms with Crippen molar-refractivity contribution in [2.45, 2.75) is 32.6 Å². The van der Waals surface area contributed by atoms with Crippen molar-refractivity contribution in [1.29, 1.82) is 0 Å². The van der Waals surface area contributed by atoms with E-state index in [1.807, 2.05) is 0 Å². The molecule has 1 heterocycles. The van der Waals surface area contributed by atoms with E-state index in [9.17, 15) is 4.79 Å². The van der Waals surface area contributed by atoms with Crippen LogP contribution in [0.25, 0.3) is 0 Å². The molecule has 0 aliphatic carbocycles. The van der Waals surface area contributed by atoms with Gasteiger partial charge in [0.2, 0.25) is 0 Å². The molecular weight excluding hydrogens is 246 g/mol. The highest BCUT2D eigenvalue weighted by Crippen LogP contribution is 2.33. The molecule has 1 N–H and O–H groups in total. The Morgan fingerprint density at radius 2 is 1.89 bits per heavy atom. The van der Waals surface area contributed by atoms with Crippen molar-refractivity contribution < 1.29 is 19.0 Å². The summed E-state index contributed by atoms with van der Waals surface area (Å²) in [6.45, 7) is 6.13. The summed E-state index contributed by atoms with van der Waals surface area (Å²) in [6, 6.07) is 0. The Labute approximate surface area is 116 Å². The summed E-state index contributed by atoms with van der Waals surface area (Å²) in [4.78, 5) is 12.2. The lowest BCUT2D eigenvalue weighted by atomic mass is 9.77. The number of hydrogen-bond acceptors (Lipinski definition) is 5. The number of carbonyl (C=O) groups excluding carboxylic acids is 1. The normalized spacial score (nSPS) is 18.2. The number of rotatable bonds is 9. The zero-order chi connectivity index (χ0) is 14.0. The maximum absolute atomic E-state index is 12.2. The van der Waals surface area contributed by atoms with Gasteiger partial charge in [-0.15, -0.1) is 0 Å². The smallest absolute Gasteiger partial charge is 0.312 e. The maximum atomic E-state index is 12.2. The number of carbonyl (C=O) groups is 1. The van der Waals surface area contributed by atoms with E-state index in [2.05, 4.69) is 12.2 Å². The van der Waals surface area contributed by atoms with Gasteiger partial charge in [-0.1, -0.05) is 6.92 Å². The molecule has 0 aromatic heterocycles. The van der Waals surface area contributed by atoms with E-state index in [0.29, 0.717) is 26.4 Å². The molecule has 0 aromatic rings. The van der Waals surface area contributed by atoms with Crippen LogP contribution in [0.2, 0.25) is 0 Å². The number of ether oxygens (including phenoxy) is 3. The first-order valence-electron chi connectivity index (χ1n) is 7.20. The monoisotopic (exact) mass is 273 g/mol. The topological polar surface area (TPSA) is 56.8 Å². The molecule has 1 saturated heterocycles. The molecule has 0 spiro atoms. The molecule has 5 nitrogen and oxygen atoms in total. The van der Waals surface area contributed by atoms with Crippen LogP contribution in [-0.4, -0.2) is 52.6 Å². The van der Waals surface area contributed by atoms with Gasteiger partial charge in [-0.05, 0) is 32.4 Å². The van der Waals surface area contributed by atoms with Crippen LogP contribution < -0.4 is 5.32 Å². The first-order valence-corrected chi connectivity index (χ1v) is 7.20. The minimum absolute atomic E-state index is 0.0339. The number of hydrogen-bond donors (Lipinski definition) is 1. The van der Waals surface area contributed by atoms with Gasteiger partial charge in [0.05, 0.1) is 25.2 Å². The molecule has 0 radical (unpaired) electrons. The second-order valence-electron chi connectivity index (χ2n) is 4.98. The summed E-state index contributed by atoms with van der Waals surface area (Å²) in [5.74, 6) is -0.0339. The summed E-state index contributed by atoms with van der Waals surface area (Å²) in [7, 11) is 1.65. The Balaban J connectivity index is 2.15. The zero-order valence-corrected chi connectivity index (χ0v) is 12.2. The fourth-order valence-electron chi connectivity index (χ4n) is 2.33. The standard InChI is InChI=1S/C14H27NO4/c1-3-14(5-7-15-8-6-14)13(16)19-10-4-9-18-12-11-17-2/h15H,3-12H2,1-2H3. The van der Waals surface area contributed by atoms with Gasteiger partial charge in [0.25, 0.3) is 0 Å². The molecule has 0 unspecified atom stereocenters. The van der Waals surface area contributed by atoms with Crippen LogP contribution >= 0.6 is 0 Å². The third-order valence-electron chi connectivity index (χ3n) is 3.77. The van der Waals surface area contributed by atoms with E-state index in [-0.39, 0.29) is 11.4 Å². The lowest BCUT2D eigenvalue weighted by molar-refractivity contribution is -0.158. The van der Waals surface area contributed by atoms with Crippen LogP contribution in [0.3, 0.4) is 0 Å². The summed E-state index contributed by atoms with van der Waals surface area (Å²) in [5.41, 5.74) is -0.262. The molecule has 0 atom stereocenters. The minimum atomic E-state index is -0.262. The Kier molecular flexibility index (Phi) is 8.02. The molecule has 0 saturated carbocycles. The van der Waals surface area contributed by atoms with Crippen molar-refractivity contribution in [2.24, 2.45) is 5.41 Å². The van der Waals surface area contributed by atoms with Crippen LogP contribution in [0.5, 0.6) is 0 Å². The van der Waals surface area contributed by atoms with E-state index < -0.39 is 0 Å². The maximum Gasteiger partial charge on any atom is 0.312 e. The molecule has 19 heavy (non-hydrogen) atoms. The molecule has 1 aliphatic rings. The lowest BCUT2D eigenvalue weighted by Gasteiger charge is -2.34. The third-order valence-corrected chi connectivity index (χ3v) is 3.77. The Bertz CT molecular complexity index is 252. The van der Waals surface area contributed by atoms with Crippen LogP contribution in [0.4, 0.5) is 0 Å². The van der Waals surface area contributed by atoms with E-state index >= 15 is 0 Å². The average molecular weight is 273 g/mol. The van der Waals surface area contributed by atoms with Crippen molar-refractivity contribution in [3.63, 3.8) is 0 Å². The van der Waals surface area contributed by atoms with Crippen molar-refractivity contribution in [2.75, 3.05) is 46.6 Å². The summed E-state index contributed by atoms with van der Waals surface area (Å²) < 4.78 is 15.6. The molecule has 112 valence electrons. The Morgan fingerprint density at radius 3 is 2.53 bits per heavy atom. The molecule has 0 amide bonds. The molecule has 1 rings (SSSR count). The highest BCUT2D eigenvalue weighted by molar-refractivity contribution is 5.77. The van der Waals surface area contributed by atoms with Gasteiger partial charge in [0.1, 0.15) is 0 Å². The Hall–Kier alpha value is -0.650. The van der Waals surface area contributed by atoms with Crippen molar-refractivity contribution in [3.05, 3.63) is 0 Å². The number of methoxy groups -OCH3 is 1. The number of piperidine rings is 1. The largest absolute Gasteiger partial charge is 0.465 e. The fraction of sp³-hybridized carbons (Fsp3) is 0.929.